The number of hydrogen-bond acceptors (Lipinski definition) is 5. The first-order valence-corrected chi connectivity index (χ1v) is 5.64. The zero-order chi connectivity index (χ0) is 12.6. The van der Waals surface area contributed by atoms with Crippen LogP contribution in [0.15, 0.2) is 12.1 Å². The van der Waals surface area contributed by atoms with Gasteiger partial charge in [0.2, 0.25) is 5.82 Å². The average molecular weight is 236 g/mol. The molecule has 1 aliphatic rings. The molecule has 1 saturated carbocycles. The second-order valence-electron chi connectivity index (χ2n) is 4.52. The van der Waals surface area contributed by atoms with Gasteiger partial charge in [0.05, 0.1) is 4.92 Å². The van der Waals surface area contributed by atoms with Gasteiger partial charge in [-0.1, -0.05) is 0 Å². The van der Waals surface area contributed by atoms with Crippen LogP contribution in [0.1, 0.15) is 19.8 Å². The molecule has 0 saturated heterocycles. The SMILES string of the molecule is CC(C1CC1)N(C)c1nc(N)ccc1[N+](=O)[O-]. The van der Waals surface area contributed by atoms with Crippen LogP contribution in [0.3, 0.4) is 0 Å². The summed E-state index contributed by atoms with van der Waals surface area (Å²) in [6, 6.07) is 3.12. The maximum atomic E-state index is 10.9. The van der Waals surface area contributed by atoms with Crippen LogP contribution in [0.5, 0.6) is 0 Å². The third-order valence-corrected chi connectivity index (χ3v) is 3.32. The first-order chi connectivity index (χ1) is 8.00. The molecule has 1 fully saturated rings. The fourth-order valence-electron chi connectivity index (χ4n) is 1.95. The Morgan fingerprint density at radius 3 is 2.76 bits per heavy atom. The molecule has 1 aliphatic carbocycles. The zero-order valence-electron chi connectivity index (χ0n) is 9.96. The lowest BCUT2D eigenvalue weighted by Gasteiger charge is -2.25. The summed E-state index contributed by atoms with van der Waals surface area (Å²) in [6.07, 6.45) is 2.36. The molecule has 0 aliphatic heterocycles. The van der Waals surface area contributed by atoms with Gasteiger partial charge in [-0.3, -0.25) is 10.1 Å². The number of pyridine rings is 1. The number of nitrogen functional groups attached to an aromatic ring is 1. The molecule has 1 unspecified atom stereocenters. The molecule has 2 N–H and O–H groups in total. The molecule has 0 amide bonds. The molecule has 6 nitrogen and oxygen atoms in total. The van der Waals surface area contributed by atoms with E-state index in [2.05, 4.69) is 11.9 Å². The number of hydrogen-bond donors (Lipinski definition) is 1. The number of nitro groups is 1. The van der Waals surface area contributed by atoms with E-state index < -0.39 is 4.92 Å². The lowest BCUT2D eigenvalue weighted by atomic mass is 10.2. The van der Waals surface area contributed by atoms with Crippen LogP contribution in [-0.2, 0) is 0 Å². The maximum Gasteiger partial charge on any atom is 0.311 e. The summed E-state index contributed by atoms with van der Waals surface area (Å²) in [5, 5.41) is 10.9. The second-order valence-corrected chi connectivity index (χ2v) is 4.52. The van der Waals surface area contributed by atoms with E-state index in [0.717, 1.165) is 0 Å². The van der Waals surface area contributed by atoms with Crippen molar-refractivity contribution >= 4 is 17.3 Å². The van der Waals surface area contributed by atoms with Crippen molar-refractivity contribution < 1.29 is 4.92 Å². The smallest absolute Gasteiger partial charge is 0.311 e. The lowest BCUT2D eigenvalue weighted by molar-refractivity contribution is -0.384. The summed E-state index contributed by atoms with van der Waals surface area (Å²) in [5.74, 6) is 1.28. The normalized spacial score (nSPS) is 16.6. The molecule has 92 valence electrons. The van der Waals surface area contributed by atoms with Crippen molar-refractivity contribution in [2.24, 2.45) is 5.92 Å². The Hall–Kier alpha value is -1.85. The number of anilines is 2. The molecule has 17 heavy (non-hydrogen) atoms. The zero-order valence-corrected chi connectivity index (χ0v) is 9.96. The van der Waals surface area contributed by atoms with Crippen LogP contribution >= 0.6 is 0 Å². The summed E-state index contributed by atoms with van der Waals surface area (Å²) in [5.41, 5.74) is 5.61. The fourth-order valence-corrected chi connectivity index (χ4v) is 1.95. The lowest BCUT2D eigenvalue weighted by Crippen LogP contribution is -2.32. The highest BCUT2D eigenvalue weighted by molar-refractivity contribution is 5.61. The van der Waals surface area contributed by atoms with Crippen LogP contribution in [-0.4, -0.2) is 23.0 Å². The topological polar surface area (TPSA) is 85.3 Å². The van der Waals surface area contributed by atoms with Gasteiger partial charge in [-0.15, -0.1) is 0 Å². The summed E-state index contributed by atoms with van der Waals surface area (Å²) in [7, 11) is 1.83. The van der Waals surface area contributed by atoms with E-state index >= 15 is 0 Å². The first kappa shape index (κ1) is 11.6. The van der Waals surface area contributed by atoms with Gasteiger partial charge in [-0.05, 0) is 31.7 Å². The Morgan fingerprint density at radius 2 is 2.24 bits per heavy atom. The van der Waals surface area contributed by atoms with Crippen molar-refractivity contribution in [3.8, 4) is 0 Å². The Balaban J connectivity index is 2.34. The molecule has 2 rings (SSSR count). The molecule has 0 spiro atoms. The van der Waals surface area contributed by atoms with E-state index in [0.29, 0.717) is 17.6 Å². The minimum Gasteiger partial charge on any atom is -0.384 e. The Morgan fingerprint density at radius 1 is 1.59 bits per heavy atom. The summed E-state index contributed by atoms with van der Waals surface area (Å²) in [6.45, 7) is 2.06. The van der Waals surface area contributed by atoms with Crippen molar-refractivity contribution in [2.45, 2.75) is 25.8 Å². The highest BCUT2D eigenvalue weighted by Crippen LogP contribution is 2.37. The van der Waals surface area contributed by atoms with Crippen LogP contribution in [0, 0.1) is 16.0 Å². The van der Waals surface area contributed by atoms with Gasteiger partial charge in [-0.2, -0.15) is 0 Å². The predicted octanol–water partition coefficient (Wildman–Crippen LogP) is 1.81. The van der Waals surface area contributed by atoms with E-state index in [4.69, 9.17) is 5.73 Å². The van der Waals surface area contributed by atoms with Gasteiger partial charge in [0.1, 0.15) is 5.82 Å². The fraction of sp³-hybridized carbons (Fsp3) is 0.545. The first-order valence-electron chi connectivity index (χ1n) is 5.64. The van der Waals surface area contributed by atoms with Crippen LogP contribution in [0.2, 0.25) is 0 Å². The molecular formula is C11H16N4O2. The van der Waals surface area contributed by atoms with Crippen molar-refractivity contribution in [2.75, 3.05) is 17.7 Å². The Labute approximate surface area is 99.6 Å². The largest absolute Gasteiger partial charge is 0.384 e. The van der Waals surface area contributed by atoms with E-state index in [1.54, 1.807) is 0 Å². The molecule has 1 aromatic heterocycles. The van der Waals surface area contributed by atoms with Crippen LogP contribution in [0.25, 0.3) is 0 Å². The second kappa shape index (κ2) is 4.20. The van der Waals surface area contributed by atoms with Gasteiger partial charge in [-0.25, -0.2) is 4.98 Å². The minimum atomic E-state index is -0.419. The Kier molecular flexibility index (Phi) is 2.87. The molecule has 1 aromatic rings. The van der Waals surface area contributed by atoms with Gasteiger partial charge < -0.3 is 10.6 Å². The number of aromatic nitrogens is 1. The van der Waals surface area contributed by atoms with Crippen molar-refractivity contribution in [3.63, 3.8) is 0 Å². The number of nitrogens with two attached hydrogens (primary N) is 1. The molecule has 1 atom stereocenters. The summed E-state index contributed by atoms with van der Waals surface area (Å²) >= 11 is 0. The van der Waals surface area contributed by atoms with Gasteiger partial charge in [0.15, 0.2) is 0 Å². The number of rotatable bonds is 4. The van der Waals surface area contributed by atoms with E-state index in [1.165, 1.54) is 25.0 Å². The maximum absolute atomic E-state index is 10.9. The molecule has 0 bridgehead atoms. The summed E-state index contributed by atoms with van der Waals surface area (Å²) < 4.78 is 0. The van der Waals surface area contributed by atoms with Gasteiger partial charge in [0.25, 0.3) is 0 Å². The highest BCUT2D eigenvalue weighted by Gasteiger charge is 2.33. The minimum absolute atomic E-state index is 0.00852. The predicted molar refractivity (Wildman–Crippen MR) is 65.9 cm³/mol. The quantitative estimate of drug-likeness (QED) is 0.636. The standard InChI is InChI=1S/C11H16N4O2/c1-7(8-3-4-8)14(2)11-9(15(16)17)5-6-10(12)13-11/h5-8H,3-4H2,1-2H3,(H2,12,13). The average Bonchev–Trinajstić information content (AvgIpc) is 3.10. The highest BCUT2D eigenvalue weighted by atomic mass is 16.6. The molecule has 6 heteroatoms. The molecule has 1 heterocycles. The van der Waals surface area contributed by atoms with Gasteiger partial charge in [0, 0.05) is 19.2 Å². The summed E-state index contributed by atoms with van der Waals surface area (Å²) in [4.78, 5) is 16.5. The van der Waals surface area contributed by atoms with E-state index in [-0.39, 0.29) is 11.7 Å². The third kappa shape index (κ3) is 2.30. The molecule has 0 radical (unpaired) electrons. The Bertz CT molecular complexity index is 445. The molecular weight excluding hydrogens is 220 g/mol. The van der Waals surface area contributed by atoms with Crippen molar-refractivity contribution in [3.05, 3.63) is 22.2 Å². The van der Waals surface area contributed by atoms with Crippen LogP contribution < -0.4 is 10.6 Å². The van der Waals surface area contributed by atoms with Crippen molar-refractivity contribution in [1.29, 1.82) is 0 Å². The monoisotopic (exact) mass is 236 g/mol. The van der Waals surface area contributed by atoms with E-state index in [1.807, 2.05) is 11.9 Å². The number of nitrogens with zero attached hydrogens (tertiary/aromatic N) is 3. The van der Waals surface area contributed by atoms with Gasteiger partial charge >= 0.3 is 5.69 Å². The van der Waals surface area contributed by atoms with Crippen molar-refractivity contribution in [1.82, 2.24) is 4.98 Å². The third-order valence-electron chi connectivity index (χ3n) is 3.32. The molecule has 0 aromatic carbocycles. The van der Waals surface area contributed by atoms with E-state index in [9.17, 15) is 10.1 Å². The van der Waals surface area contributed by atoms with Crippen LogP contribution in [0.4, 0.5) is 17.3 Å².